The van der Waals surface area contributed by atoms with Gasteiger partial charge in [0.15, 0.2) is 0 Å². The van der Waals surface area contributed by atoms with Crippen molar-refractivity contribution in [2.75, 3.05) is 0 Å². The third-order valence-electron chi connectivity index (χ3n) is 2.86. The van der Waals surface area contributed by atoms with Crippen LogP contribution in [0.3, 0.4) is 0 Å². The first kappa shape index (κ1) is 14.9. The van der Waals surface area contributed by atoms with Crippen molar-refractivity contribution in [3.8, 4) is 5.75 Å². The maximum absolute atomic E-state index is 13.5. The highest BCUT2D eigenvalue weighted by molar-refractivity contribution is 9.10. The standard InChI is InChI=1S/C15H13BrF2O2/c1-9(19)11-7-10(16)5-6-15(11)20-8-12-13(17)3-2-4-14(12)18/h2-7,9,19H,8H2,1H3. The molecule has 0 aliphatic heterocycles. The van der Waals surface area contributed by atoms with E-state index in [4.69, 9.17) is 4.74 Å². The van der Waals surface area contributed by atoms with Gasteiger partial charge in [0.05, 0.1) is 11.7 Å². The predicted octanol–water partition coefficient (Wildman–Crippen LogP) is 4.36. The van der Waals surface area contributed by atoms with Gasteiger partial charge in [-0.15, -0.1) is 0 Å². The number of hydrogen-bond acceptors (Lipinski definition) is 2. The predicted molar refractivity (Wildman–Crippen MR) is 75.5 cm³/mol. The van der Waals surface area contributed by atoms with Crippen molar-refractivity contribution in [1.82, 2.24) is 0 Å². The molecule has 1 N–H and O–H groups in total. The molecule has 2 aromatic rings. The lowest BCUT2D eigenvalue weighted by Crippen LogP contribution is -2.04. The molecule has 2 aromatic carbocycles. The maximum atomic E-state index is 13.5. The summed E-state index contributed by atoms with van der Waals surface area (Å²) in [5.41, 5.74) is 0.420. The number of rotatable bonds is 4. The van der Waals surface area contributed by atoms with Gasteiger partial charge in [-0.3, -0.25) is 0 Å². The van der Waals surface area contributed by atoms with Gasteiger partial charge in [-0.05, 0) is 37.3 Å². The molecule has 20 heavy (non-hydrogen) atoms. The zero-order valence-corrected chi connectivity index (χ0v) is 12.3. The van der Waals surface area contributed by atoms with Gasteiger partial charge < -0.3 is 9.84 Å². The molecular weight excluding hydrogens is 330 g/mol. The van der Waals surface area contributed by atoms with Crippen LogP contribution < -0.4 is 4.74 Å². The lowest BCUT2D eigenvalue weighted by Gasteiger charge is -2.14. The highest BCUT2D eigenvalue weighted by atomic mass is 79.9. The molecular formula is C15H13BrF2O2. The number of aliphatic hydroxyl groups is 1. The van der Waals surface area contributed by atoms with Gasteiger partial charge >= 0.3 is 0 Å². The SMILES string of the molecule is CC(O)c1cc(Br)ccc1OCc1c(F)cccc1F. The zero-order chi connectivity index (χ0) is 14.7. The Morgan fingerprint density at radius 3 is 2.45 bits per heavy atom. The van der Waals surface area contributed by atoms with Crippen LogP contribution in [0, 0.1) is 11.6 Å². The smallest absolute Gasteiger partial charge is 0.132 e. The highest BCUT2D eigenvalue weighted by Gasteiger charge is 2.13. The van der Waals surface area contributed by atoms with E-state index in [2.05, 4.69) is 15.9 Å². The van der Waals surface area contributed by atoms with Crippen LogP contribution in [0.15, 0.2) is 40.9 Å². The average molecular weight is 343 g/mol. The molecule has 0 radical (unpaired) electrons. The maximum Gasteiger partial charge on any atom is 0.132 e. The van der Waals surface area contributed by atoms with Gasteiger partial charge in [0.25, 0.3) is 0 Å². The average Bonchev–Trinajstić information content (AvgIpc) is 2.39. The van der Waals surface area contributed by atoms with E-state index in [0.717, 1.165) is 4.47 Å². The van der Waals surface area contributed by atoms with Crippen LogP contribution >= 0.6 is 15.9 Å². The van der Waals surface area contributed by atoms with Crippen LogP contribution in [-0.4, -0.2) is 5.11 Å². The van der Waals surface area contributed by atoms with Crippen LogP contribution in [-0.2, 0) is 6.61 Å². The molecule has 1 atom stereocenters. The molecule has 0 saturated carbocycles. The number of hydrogen-bond donors (Lipinski definition) is 1. The Bertz CT molecular complexity index is 595. The fraction of sp³-hybridized carbons (Fsp3) is 0.200. The van der Waals surface area contributed by atoms with Crippen LogP contribution in [0.1, 0.15) is 24.2 Å². The fourth-order valence-corrected chi connectivity index (χ4v) is 2.18. The Kier molecular flexibility index (Phi) is 4.73. The number of ether oxygens (including phenoxy) is 1. The number of aliphatic hydroxyl groups excluding tert-OH is 1. The molecule has 0 fully saturated rings. The molecule has 0 bridgehead atoms. The Morgan fingerprint density at radius 2 is 1.85 bits per heavy atom. The van der Waals surface area contributed by atoms with E-state index in [1.165, 1.54) is 18.2 Å². The molecule has 5 heteroatoms. The molecule has 106 valence electrons. The molecule has 1 unspecified atom stereocenters. The number of halogens is 3. The van der Waals surface area contributed by atoms with Gasteiger partial charge in [-0.2, -0.15) is 0 Å². The Labute approximate surface area is 124 Å². The van der Waals surface area contributed by atoms with Crippen LogP contribution in [0.25, 0.3) is 0 Å². The van der Waals surface area contributed by atoms with E-state index >= 15 is 0 Å². The van der Waals surface area contributed by atoms with Crippen LogP contribution in [0.4, 0.5) is 8.78 Å². The quantitative estimate of drug-likeness (QED) is 0.894. The highest BCUT2D eigenvalue weighted by Crippen LogP contribution is 2.29. The molecule has 0 saturated heterocycles. The third kappa shape index (κ3) is 3.35. The van der Waals surface area contributed by atoms with Crippen molar-refractivity contribution in [3.05, 3.63) is 63.6 Å². The molecule has 0 heterocycles. The van der Waals surface area contributed by atoms with Crippen molar-refractivity contribution < 1.29 is 18.6 Å². The lowest BCUT2D eigenvalue weighted by molar-refractivity contribution is 0.189. The summed E-state index contributed by atoms with van der Waals surface area (Å²) in [5, 5.41) is 9.69. The first-order valence-electron chi connectivity index (χ1n) is 6.02. The first-order valence-corrected chi connectivity index (χ1v) is 6.81. The van der Waals surface area contributed by atoms with Crippen molar-refractivity contribution >= 4 is 15.9 Å². The molecule has 2 rings (SSSR count). The monoisotopic (exact) mass is 342 g/mol. The Hall–Kier alpha value is -1.46. The van der Waals surface area contributed by atoms with Crippen molar-refractivity contribution in [3.63, 3.8) is 0 Å². The summed E-state index contributed by atoms with van der Waals surface area (Å²) in [4.78, 5) is 0. The van der Waals surface area contributed by atoms with E-state index in [9.17, 15) is 13.9 Å². The molecule has 2 nitrogen and oxygen atoms in total. The molecule has 0 aliphatic carbocycles. The van der Waals surface area contributed by atoms with E-state index in [1.54, 1.807) is 25.1 Å². The molecule has 0 aliphatic rings. The second-order valence-corrected chi connectivity index (χ2v) is 5.26. The zero-order valence-electron chi connectivity index (χ0n) is 10.7. The van der Waals surface area contributed by atoms with Crippen molar-refractivity contribution in [1.29, 1.82) is 0 Å². The first-order chi connectivity index (χ1) is 9.49. The molecule has 0 aromatic heterocycles. The van der Waals surface area contributed by atoms with Gasteiger partial charge in [-0.1, -0.05) is 22.0 Å². The van der Waals surface area contributed by atoms with Gasteiger partial charge in [0, 0.05) is 10.0 Å². The second-order valence-electron chi connectivity index (χ2n) is 4.35. The minimum absolute atomic E-state index is 0.132. The fourth-order valence-electron chi connectivity index (χ4n) is 1.80. The van der Waals surface area contributed by atoms with E-state index in [1.807, 2.05) is 0 Å². The third-order valence-corrected chi connectivity index (χ3v) is 3.35. The minimum atomic E-state index is -0.743. The number of benzene rings is 2. The molecule has 0 amide bonds. The summed E-state index contributed by atoms with van der Waals surface area (Å²) >= 11 is 3.30. The minimum Gasteiger partial charge on any atom is -0.488 e. The summed E-state index contributed by atoms with van der Waals surface area (Å²) in [6, 6.07) is 8.74. The van der Waals surface area contributed by atoms with Crippen LogP contribution in [0.2, 0.25) is 0 Å². The summed E-state index contributed by atoms with van der Waals surface area (Å²) in [7, 11) is 0. The summed E-state index contributed by atoms with van der Waals surface area (Å²) < 4.78 is 33.2. The van der Waals surface area contributed by atoms with Crippen LogP contribution in [0.5, 0.6) is 5.75 Å². The Morgan fingerprint density at radius 1 is 1.20 bits per heavy atom. The van der Waals surface area contributed by atoms with E-state index in [0.29, 0.717) is 11.3 Å². The van der Waals surface area contributed by atoms with E-state index in [-0.39, 0.29) is 12.2 Å². The topological polar surface area (TPSA) is 29.5 Å². The van der Waals surface area contributed by atoms with Gasteiger partial charge in [0.1, 0.15) is 24.0 Å². The summed E-state index contributed by atoms with van der Waals surface area (Å²) in [5.74, 6) is -0.910. The summed E-state index contributed by atoms with van der Waals surface area (Å²) in [6.07, 6.45) is -0.743. The lowest BCUT2D eigenvalue weighted by atomic mass is 10.1. The second kappa shape index (κ2) is 6.33. The van der Waals surface area contributed by atoms with E-state index < -0.39 is 17.7 Å². The molecule has 0 spiro atoms. The van der Waals surface area contributed by atoms with Crippen molar-refractivity contribution in [2.45, 2.75) is 19.6 Å². The largest absolute Gasteiger partial charge is 0.488 e. The normalized spacial score (nSPS) is 12.2. The van der Waals surface area contributed by atoms with Gasteiger partial charge in [-0.25, -0.2) is 8.78 Å². The van der Waals surface area contributed by atoms with Crippen molar-refractivity contribution in [2.24, 2.45) is 0 Å². The van der Waals surface area contributed by atoms with Gasteiger partial charge in [0.2, 0.25) is 0 Å². The summed E-state index contributed by atoms with van der Waals surface area (Å²) in [6.45, 7) is 1.36. The Balaban J connectivity index is 2.23.